The highest BCUT2D eigenvalue weighted by Gasteiger charge is 2.50. The van der Waals surface area contributed by atoms with Crippen molar-refractivity contribution in [2.24, 2.45) is 11.8 Å². The highest BCUT2D eigenvalue weighted by Crippen LogP contribution is 2.38. The molecule has 5 heteroatoms. The van der Waals surface area contributed by atoms with Gasteiger partial charge in [0.25, 0.3) is 8.32 Å². The number of benzene rings is 3. The molecule has 2 heterocycles. The van der Waals surface area contributed by atoms with Gasteiger partial charge < -0.3 is 14.5 Å². The molecule has 0 radical (unpaired) electrons. The van der Waals surface area contributed by atoms with Gasteiger partial charge in [0.1, 0.15) is 5.75 Å². The fourth-order valence-corrected chi connectivity index (χ4v) is 11.3. The van der Waals surface area contributed by atoms with Crippen LogP contribution in [-0.2, 0) is 10.8 Å². The number of nitrogens with one attached hydrogen (secondary N) is 1. The normalized spacial score (nSPS) is 19.7. The summed E-state index contributed by atoms with van der Waals surface area (Å²) < 4.78 is 12.8. The zero-order valence-corrected chi connectivity index (χ0v) is 26.0. The molecule has 0 aliphatic carbocycles. The van der Waals surface area contributed by atoms with Crippen molar-refractivity contribution in [1.82, 2.24) is 10.3 Å². The second-order valence-corrected chi connectivity index (χ2v) is 16.7. The summed E-state index contributed by atoms with van der Waals surface area (Å²) in [6.45, 7) is 12.9. The Balaban J connectivity index is 1.36. The van der Waals surface area contributed by atoms with E-state index in [0.29, 0.717) is 17.9 Å². The van der Waals surface area contributed by atoms with Gasteiger partial charge in [-0.05, 0) is 76.3 Å². The molecule has 214 valence electrons. The minimum Gasteiger partial charge on any atom is -0.497 e. The lowest BCUT2D eigenvalue weighted by atomic mass is 9.79. The van der Waals surface area contributed by atoms with Gasteiger partial charge in [0.15, 0.2) is 0 Å². The van der Waals surface area contributed by atoms with Crippen molar-refractivity contribution in [2.45, 2.75) is 51.1 Å². The third kappa shape index (κ3) is 6.18. The van der Waals surface area contributed by atoms with Gasteiger partial charge in [0, 0.05) is 30.8 Å². The Morgan fingerprint density at radius 3 is 2.27 bits per heavy atom. The van der Waals surface area contributed by atoms with Crippen molar-refractivity contribution in [1.29, 1.82) is 0 Å². The zero-order chi connectivity index (χ0) is 28.9. The Morgan fingerprint density at radius 2 is 1.66 bits per heavy atom. The van der Waals surface area contributed by atoms with E-state index in [1.165, 1.54) is 21.3 Å². The van der Waals surface area contributed by atoms with Crippen molar-refractivity contribution < 1.29 is 9.16 Å². The molecule has 4 nitrogen and oxygen atoms in total. The fraction of sp³-hybridized carbons (Fsp3) is 0.361. The molecule has 1 aromatic heterocycles. The molecule has 0 bridgehead atoms. The highest BCUT2D eigenvalue weighted by molar-refractivity contribution is 6.99. The Hall–Kier alpha value is -3.25. The van der Waals surface area contributed by atoms with Crippen molar-refractivity contribution >= 4 is 29.6 Å². The smallest absolute Gasteiger partial charge is 0.261 e. The first-order valence-electron chi connectivity index (χ1n) is 14.9. The molecule has 0 amide bonds. The molecule has 1 fully saturated rings. The molecule has 1 saturated heterocycles. The van der Waals surface area contributed by atoms with E-state index in [2.05, 4.69) is 117 Å². The van der Waals surface area contributed by atoms with Gasteiger partial charge in [-0.25, -0.2) is 0 Å². The molecule has 41 heavy (non-hydrogen) atoms. The lowest BCUT2D eigenvalue weighted by Gasteiger charge is -2.44. The summed E-state index contributed by atoms with van der Waals surface area (Å²) in [6.07, 6.45) is 7.14. The van der Waals surface area contributed by atoms with Crippen LogP contribution in [0.25, 0.3) is 10.9 Å². The summed E-state index contributed by atoms with van der Waals surface area (Å²) in [5, 5.41) is 7.64. The number of nitrogens with zero attached hydrogens (tertiary/aromatic N) is 1. The molecule has 3 atom stereocenters. The quantitative estimate of drug-likeness (QED) is 0.176. The molecule has 0 unspecified atom stereocenters. The maximum Gasteiger partial charge on any atom is 0.261 e. The van der Waals surface area contributed by atoms with Gasteiger partial charge in [-0.1, -0.05) is 87.5 Å². The molecule has 4 aromatic rings. The van der Waals surface area contributed by atoms with Crippen molar-refractivity contribution in [3.63, 3.8) is 0 Å². The van der Waals surface area contributed by atoms with Crippen LogP contribution in [0.4, 0.5) is 0 Å². The predicted octanol–water partition coefficient (Wildman–Crippen LogP) is 6.53. The zero-order valence-electron chi connectivity index (χ0n) is 25.0. The summed E-state index contributed by atoms with van der Waals surface area (Å²) in [6, 6.07) is 30.6. The SMILES string of the molecule is C=C[C@H]1CN[C@H](Cc2ccnc3ccc(OC)cc23)C[C@@H]1CCO[Si](c1ccccc1)(c1ccccc1)C(C)(C)C. The predicted molar refractivity (Wildman–Crippen MR) is 174 cm³/mol. The van der Waals surface area contributed by atoms with Crippen molar-refractivity contribution in [3.05, 3.63) is 109 Å². The van der Waals surface area contributed by atoms with Crippen LogP contribution in [0.5, 0.6) is 5.75 Å². The first-order chi connectivity index (χ1) is 19.9. The standard InChI is InChI=1S/C36H44N2O2Si/c1-6-27-26-38-30(24-29-19-21-37-35-18-17-31(39-5)25-34(29)35)23-28(27)20-22-40-41(36(2,3)4,32-13-9-7-10-14-32)33-15-11-8-12-16-33/h6-19,21,25,27-28,30,38H,1,20,22-24,26H2,2-5H3/t27-,28-,30-/m0/s1. The van der Waals surface area contributed by atoms with E-state index in [9.17, 15) is 0 Å². The minimum atomic E-state index is -2.54. The van der Waals surface area contributed by atoms with Gasteiger partial charge in [-0.15, -0.1) is 6.58 Å². The first kappa shape index (κ1) is 29.2. The molecular weight excluding hydrogens is 520 g/mol. The van der Waals surface area contributed by atoms with E-state index in [-0.39, 0.29) is 5.04 Å². The maximum atomic E-state index is 7.26. The van der Waals surface area contributed by atoms with Gasteiger partial charge >= 0.3 is 0 Å². The van der Waals surface area contributed by atoms with Crippen LogP contribution in [0.1, 0.15) is 39.2 Å². The average Bonchev–Trinajstić information content (AvgIpc) is 2.99. The van der Waals surface area contributed by atoms with E-state index in [4.69, 9.17) is 9.16 Å². The molecule has 5 rings (SSSR count). The monoisotopic (exact) mass is 564 g/mol. The highest BCUT2D eigenvalue weighted by atomic mass is 28.4. The summed E-state index contributed by atoms with van der Waals surface area (Å²) in [7, 11) is -0.827. The largest absolute Gasteiger partial charge is 0.497 e. The number of aromatic nitrogens is 1. The number of fused-ring (bicyclic) bond motifs is 1. The lowest BCUT2D eigenvalue weighted by Crippen LogP contribution is -2.66. The van der Waals surface area contributed by atoms with Crippen molar-refractivity contribution in [2.75, 3.05) is 20.3 Å². The Labute approximate surface area is 247 Å². The first-order valence-corrected chi connectivity index (χ1v) is 16.8. The maximum absolute atomic E-state index is 7.26. The van der Waals surface area contributed by atoms with Crippen LogP contribution in [0.2, 0.25) is 5.04 Å². The van der Waals surface area contributed by atoms with E-state index in [0.717, 1.165) is 43.7 Å². The molecule has 3 aromatic carbocycles. The van der Waals surface area contributed by atoms with Crippen LogP contribution in [0, 0.1) is 11.8 Å². The van der Waals surface area contributed by atoms with Gasteiger partial charge in [0.2, 0.25) is 0 Å². The van der Waals surface area contributed by atoms with E-state index in [1.807, 2.05) is 18.3 Å². The molecule has 0 spiro atoms. The minimum absolute atomic E-state index is 0.0202. The molecule has 1 aliphatic rings. The van der Waals surface area contributed by atoms with E-state index in [1.54, 1.807) is 7.11 Å². The van der Waals surface area contributed by atoms with Crippen LogP contribution < -0.4 is 20.4 Å². The number of pyridine rings is 1. The lowest BCUT2D eigenvalue weighted by molar-refractivity contribution is 0.188. The van der Waals surface area contributed by atoms with Gasteiger partial charge in [-0.2, -0.15) is 0 Å². The summed E-state index contributed by atoms with van der Waals surface area (Å²) in [5.74, 6) is 1.82. The Bertz CT molecular complexity index is 1400. The Kier molecular flexibility index (Phi) is 9.08. The number of hydrogen-bond donors (Lipinski definition) is 1. The summed E-state index contributed by atoms with van der Waals surface area (Å²) in [5.41, 5.74) is 2.32. The molecule has 0 saturated carbocycles. The van der Waals surface area contributed by atoms with Crippen LogP contribution in [0.3, 0.4) is 0 Å². The van der Waals surface area contributed by atoms with Gasteiger partial charge in [-0.3, -0.25) is 4.98 Å². The molecule has 1 N–H and O–H groups in total. The second kappa shape index (κ2) is 12.7. The number of piperidine rings is 1. The van der Waals surface area contributed by atoms with Crippen molar-refractivity contribution in [3.8, 4) is 5.75 Å². The fourth-order valence-electron chi connectivity index (χ4n) is 6.73. The third-order valence-corrected chi connectivity index (χ3v) is 13.9. The van der Waals surface area contributed by atoms with E-state index >= 15 is 0 Å². The van der Waals surface area contributed by atoms with Crippen LogP contribution in [0.15, 0.2) is 104 Å². The summed E-state index contributed by atoms with van der Waals surface area (Å²) >= 11 is 0. The molecular formula is C36H44N2O2Si. The number of hydrogen-bond acceptors (Lipinski definition) is 4. The number of rotatable bonds is 10. The summed E-state index contributed by atoms with van der Waals surface area (Å²) in [4.78, 5) is 4.58. The van der Waals surface area contributed by atoms with E-state index < -0.39 is 8.32 Å². The number of methoxy groups -OCH3 is 1. The van der Waals surface area contributed by atoms with Crippen LogP contribution in [-0.4, -0.2) is 39.6 Å². The van der Waals surface area contributed by atoms with Crippen LogP contribution >= 0.6 is 0 Å². The second-order valence-electron chi connectivity index (χ2n) is 12.4. The van der Waals surface area contributed by atoms with Gasteiger partial charge in [0.05, 0.1) is 12.6 Å². The third-order valence-electron chi connectivity index (χ3n) is 8.87. The topological polar surface area (TPSA) is 43.4 Å². The average molecular weight is 565 g/mol. The molecule has 1 aliphatic heterocycles. The Morgan fingerprint density at radius 1 is 0.976 bits per heavy atom. The number of ether oxygens (including phenoxy) is 1.